The highest BCUT2D eigenvalue weighted by Gasteiger charge is 2.36. The maximum Gasteiger partial charge on any atom is 0.416 e. The van der Waals surface area contributed by atoms with Crippen LogP contribution >= 0.6 is 22.6 Å². The number of aromatic amines is 1. The summed E-state index contributed by atoms with van der Waals surface area (Å²) >= 11 is 1.65. The van der Waals surface area contributed by atoms with Gasteiger partial charge in [-0.05, 0) is 58.5 Å². The first-order valence-electron chi connectivity index (χ1n) is 11.7. The zero-order valence-corrected chi connectivity index (χ0v) is 22.5. The molecule has 0 aliphatic carbocycles. The van der Waals surface area contributed by atoms with E-state index in [1.165, 1.54) is 24.4 Å². The molecule has 2 amide bonds. The Morgan fingerprint density at radius 1 is 1.20 bits per heavy atom. The molecule has 0 fully saturated rings. The number of aromatic nitrogens is 2. The summed E-state index contributed by atoms with van der Waals surface area (Å²) in [4.78, 5) is 41.5. The second-order valence-electron chi connectivity index (χ2n) is 8.98. The van der Waals surface area contributed by atoms with Crippen molar-refractivity contribution in [3.8, 4) is 0 Å². The number of aliphatic carboxylic acids is 1. The number of primary amides is 1. The van der Waals surface area contributed by atoms with Gasteiger partial charge in [0, 0.05) is 20.4 Å². The van der Waals surface area contributed by atoms with Gasteiger partial charge in [0.2, 0.25) is 5.91 Å². The fraction of sp³-hybridized carbons (Fsp3) is 0.292. The van der Waals surface area contributed by atoms with Gasteiger partial charge in [-0.15, -0.1) is 0 Å². The third kappa shape index (κ3) is 6.78. The van der Waals surface area contributed by atoms with Crippen molar-refractivity contribution in [1.82, 2.24) is 20.8 Å². The highest BCUT2D eigenvalue weighted by atomic mass is 127. The number of nitrogens with two attached hydrogens (primary N) is 1. The number of anilines is 1. The second-order valence-corrected chi connectivity index (χ2v) is 10.2. The van der Waals surface area contributed by atoms with Crippen LogP contribution in [0.5, 0.6) is 0 Å². The Hall–Kier alpha value is -3.96. The zero-order valence-electron chi connectivity index (χ0n) is 20.4. The molecule has 7 N–H and O–H groups in total. The molecule has 4 rings (SSSR count). The largest absolute Gasteiger partial charge is 0.481 e. The van der Waals surface area contributed by atoms with Gasteiger partial charge < -0.3 is 26.8 Å². The fourth-order valence-corrected chi connectivity index (χ4v) is 4.91. The number of H-pyrrole nitrogens is 1. The van der Waals surface area contributed by atoms with E-state index < -0.39 is 54.1 Å². The van der Waals surface area contributed by atoms with Crippen molar-refractivity contribution in [3.63, 3.8) is 0 Å². The van der Waals surface area contributed by atoms with E-state index in [0.717, 1.165) is 12.1 Å². The fourth-order valence-electron chi connectivity index (χ4n) is 4.22. The van der Waals surface area contributed by atoms with Gasteiger partial charge in [0.25, 0.3) is 5.91 Å². The van der Waals surface area contributed by atoms with Gasteiger partial charge in [0.1, 0.15) is 12.2 Å². The van der Waals surface area contributed by atoms with E-state index in [1.54, 1.807) is 22.6 Å². The van der Waals surface area contributed by atoms with E-state index >= 15 is 0 Å². The average molecular weight is 675 g/mol. The average Bonchev–Trinajstić information content (AvgIpc) is 3.35. The topological polar surface area (TPSA) is 175 Å². The number of fused-ring (bicyclic) bond motifs is 1. The lowest BCUT2D eigenvalue weighted by Crippen LogP contribution is -2.48. The molecule has 0 saturated heterocycles. The van der Waals surface area contributed by atoms with E-state index in [1.807, 2.05) is 0 Å². The number of amides is 2. The molecule has 2 heterocycles. The Balaban J connectivity index is 1.68. The number of alkyl halides is 4. The first kappa shape index (κ1) is 29.0. The number of halogens is 5. The zero-order chi connectivity index (χ0) is 29.2. The molecule has 11 nitrogen and oxygen atoms in total. The van der Waals surface area contributed by atoms with Crippen molar-refractivity contribution in [1.29, 1.82) is 0 Å². The molecule has 212 valence electrons. The van der Waals surface area contributed by atoms with Gasteiger partial charge in [-0.3, -0.25) is 19.5 Å². The molecule has 3 atom stereocenters. The normalized spacial score (nSPS) is 16.9. The smallest absolute Gasteiger partial charge is 0.416 e. The van der Waals surface area contributed by atoms with Crippen LogP contribution in [0.15, 0.2) is 41.5 Å². The number of guanidine groups is 1. The van der Waals surface area contributed by atoms with Crippen LogP contribution in [0.25, 0.3) is 10.9 Å². The van der Waals surface area contributed by atoms with E-state index in [2.05, 4.69) is 31.1 Å². The van der Waals surface area contributed by atoms with Crippen molar-refractivity contribution in [2.45, 2.75) is 30.7 Å². The first-order valence-corrected chi connectivity index (χ1v) is 12.8. The maximum absolute atomic E-state index is 13.5. The van der Waals surface area contributed by atoms with Crippen LogP contribution in [0.1, 0.15) is 33.8 Å². The number of carboxylic acids is 1. The second kappa shape index (κ2) is 11.6. The lowest BCUT2D eigenvalue weighted by atomic mass is 9.86. The molecule has 0 saturated carbocycles. The Labute approximate surface area is 237 Å². The molecule has 0 spiro atoms. The van der Waals surface area contributed by atoms with Gasteiger partial charge >= 0.3 is 12.1 Å². The van der Waals surface area contributed by atoms with E-state index in [-0.39, 0.29) is 33.7 Å². The lowest BCUT2D eigenvalue weighted by molar-refractivity contribution is -0.138. The standard InChI is InChI=1S/C24H22F4IN7O4/c25-13-7-31-23(32-8-13)34-17-3-11(4-18-16(17)9-33-36-18)22(40)35-20(21(30)39)15(6-19(37)38)10-1-12(24(26,27)28)5-14(29)2-10/h1-5,9,13,15,20H,6-8H2,(H2,30,39)(H,33,36)(H,35,40)(H,37,38)(H2,31,32,34)/t15-,20?/m0/s1. The van der Waals surface area contributed by atoms with Crippen LogP contribution in [-0.4, -0.2) is 64.4 Å². The van der Waals surface area contributed by atoms with Crippen molar-refractivity contribution >= 4 is 62.9 Å². The van der Waals surface area contributed by atoms with Crippen LogP contribution < -0.4 is 21.7 Å². The summed E-state index contributed by atoms with van der Waals surface area (Å²) in [5, 5.41) is 24.8. The molecule has 2 unspecified atom stereocenters. The highest BCUT2D eigenvalue weighted by Crippen LogP contribution is 2.35. The minimum Gasteiger partial charge on any atom is -0.481 e. The van der Waals surface area contributed by atoms with Gasteiger partial charge in [0.15, 0.2) is 5.96 Å². The Bertz CT molecular complexity index is 1490. The number of aliphatic imine (C=N–C) groups is 1. The number of nitrogens with one attached hydrogen (secondary N) is 4. The summed E-state index contributed by atoms with van der Waals surface area (Å²) in [6.07, 6.45) is -5.20. The number of carbonyl (C=O) groups excluding carboxylic acids is 2. The minimum atomic E-state index is -4.74. The van der Waals surface area contributed by atoms with Crippen molar-refractivity contribution in [2.24, 2.45) is 10.7 Å². The first-order chi connectivity index (χ1) is 18.8. The number of nitrogens with zero attached hydrogens (tertiary/aromatic N) is 2. The molecule has 0 radical (unpaired) electrons. The van der Waals surface area contributed by atoms with Gasteiger partial charge in [0.05, 0.1) is 42.5 Å². The Kier molecular flexibility index (Phi) is 8.45. The molecule has 40 heavy (non-hydrogen) atoms. The predicted molar refractivity (Wildman–Crippen MR) is 145 cm³/mol. The lowest BCUT2D eigenvalue weighted by Gasteiger charge is -2.26. The molecule has 1 aliphatic heterocycles. The van der Waals surface area contributed by atoms with Crippen LogP contribution in [-0.2, 0) is 15.8 Å². The SMILES string of the molecule is NC(=O)C(NC(=O)c1cc(NC2=NCC(F)CN2)c2cn[nH]c2c1)[C@@H](CC(=O)O)c1cc(I)cc(C(F)(F)F)c1. The highest BCUT2D eigenvalue weighted by molar-refractivity contribution is 14.1. The molecule has 3 aromatic rings. The number of hydrogen-bond acceptors (Lipinski definition) is 7. The van der Waals surface area contributed by atoms with Gasteiger partial charge in [-0.2, -0.15) is 18.3 Å². The number of carbonyl (C=O) groups is 3. The van der Waals surface area contributed by atoms with Crippen molar-refractivity contribution < 1.29 is 37.1 Å². The van der Waals surface area contributed by atoms with Crippen LogP contribution in [0.4, 0.5) is 23.2 Å². The number of carboxylic acid groups (broad SMARTS) is 1. The third-order valence-electron chi connectivity index (χ3n) is 6.08. The van der Waals surface area contributed by atoms with E-state index in [0.29, 0.717) is 16.6 Å². The van der Waals surface area contributed by atoms with Crippen LogP contribution in [0, 0.1) is 3.57 Å². The number of rotatable bonds is 8. The number of hydrogen-bond donors (Lipinski definition) is 6. The summed E-state index contributed by atoms with van der Waals surface area (Å²) in [5.74, 6) is -4.58. The molecular formula is C24H22F4IN7O4. The van der Waals surface area contributed by atoms with Gasteiger partial charge in [-0.1, -0.05) is 0 Å². The summed E-state index contributed by atoms with van der Waals surface area (Å²) in [6.45, 7) is -0.0377. The predicted octanol–water partition coefficient (Wildman–Crippen LogP) is 2.74. The van der Waals surface area contributed by atoms with E-state index in [9.17, 15) is 37.1 Å². The van der Waals surface area contributed by atoms with E-state index in [4.69, 9.17) is 5.73 Å². The quantitative estimate of drug-likeness (QED) is 0.157. The Morgan fingerprint density at radius 3 is 2.58 bits per heavy atom. The molecule has 16 heteroatoms. The summed E-state index contributed by atoms with van der Waals surface area (Å²) in [5.41, 5.74) is 5.08. The van der Waals surface area contributed by atoms with Gasteiger partial charge in [-0.25, -0.2) is 9.38 Å². The van der Waals surface area contributed by atoms with Crippen LogP contribution in [0.2, 0.25) is 0 Å². The minimum absolute atomic E-state index is 0.0158. The Morgan fingerprint density at radius 2 is 1.95 bits per heavy atom. The molecule has 2 aromatic carbocycles. The summed E-state index contributed by atoms with van der Waals surface area (Å²) in [7, 11) is 0. The summed E-state index contributed by atoms with van der Waals surface area (Å²) in [6, 6.07) is 4.03. The summed E-state index contributed by atoms with van der Waals surface area (Å²) < 4.78 is 54.0. The van der Waals surface area contributed by atoms with Crippen molar-refractivity contribution in [2.75, 3.05) is 18.4 Å². The molecule has 1 aliphatic rings. The molecular weight excluding hydrogens is 653 g/mol. The maximum atomic E-state index is 13.5. The van der Waals surface area contributed by atoms with Crippen molar-refractivity contribution in [3.05, 3.63) is 56.8 Å². The number of benzene rings is 2. The monoisotopic (exact) mass is 675 g/mol. The molecule has 1 aromatic heterocycles. The van der Waals surface area contributed by atoms with Crippen LogP contribution in [0.3, 0.4) is 0 Å². The molecule has 0 bridgehead atoms. The third-order valence-corrected chi connectivity index (χ3v) is 6.70.